The van der Waals surface area contributed by atoms with Gasteiger partial charge in [-0.05, 0) is 12.8 Å². The zero-order valence-corrected chi connectivity index (χ0v) is 10.8. The average Bonchev–Trinajstić information content (AvgIpc) is 2.28. The second kappa shape index (κ2) is 9.83. The molecule has 0 heterocycles. The normalized spacial score (nSPS) is 22.1. The molecule has 102 valence electrons. The van der Waals surface area contributed by atoms with Crippen molar-refractivity contribution in [3.05, 3.63) is 0 Å². The Labute approximate surface area is 105 Å². The summed E-state index contributed by atoms with van der Waals surface area (Å²) < 4.78 is 0. The van der Waals surface area contributed by atoms with E-state index in [2.05, 4.69) is 10.9 Å². The molecule has 4 N–H and O–H groups in total. The Bertz CT molecular complexity index is 165. The van der Waals surface area contributed by atoms with Crippen molar-refractivity contribution < 1.29 is 10.2 Å². The molecule has 17 heavy (non-hydrogen) atoms. The zero-order valence-electron chi connectivity index (χ0n) is 10.8. The third-order valence-corrected chi connectivity index (χ3v) is 3.52. The first-order chi connectivity index (χ1) is 8.29. The lowest BCUT2D eigenvalue weighted by molar-refractivity contribution is -0.0790. The molecule has 0 saturated heterocycles. The van der Waals surface area contributed by atoms with E-state index in [1.807, 2.05) is 0 Å². The van der Waals surface area contributed by atoms with E-state index in [4.69, 9.17) is 10.2 Å². The SMILES string of the molecule is OC(O)NNC1CCCCCCCCCCC1. The lowest BCUT2D eigenvalue weighted by Crippen LogP contribution is -2.46. The van der Waals surface area contributed by atoms with Gasteiger partial charge in [0, 0.05) is 6.04 Å². The molecule has 1 saturated carbocycles. The number of hydrogen-bond acceptors (Lipinski definition) is 4. The minimum absolute atomic E-state index is 0.372. The fourth-order valence-electron chi connectivity index (χ4n) is 2.50. The number of aliphatic hydroxyl groups excluding tert-OH is 1. The summed E-state index contributed by atoms with van der Waals surface area (Å²) >= 11 is 0. The van der Waals surface area contributed by atoms with Crippen LogP contribution in [0.1, 0.15) is 70.6 Å². The van der Waals surface area contributed by atoms with Crippen LogP contribution in [0.2, 0.25) is 0 Å². The molecular weight excluding hydrogens is 216 g/mol. The van der Waals surface area contributed by atoms with Gasteiger partial charge in [0.25, 0.3) is 0 Å². The van der Waals surface area contributed by atoms with Gasteiger partial charge in [-0.2, -0.15) is 0 Å². The molecule has 0 unspecified atom stereocenters. The van der Waals surface area contributed by atoms with Crippen LogP contribution in [0.25, 0.3) is 0 Å². The van der Waals surface area contributed by atoms with Crippen molar-refractivity contribution in [3.8, 4) is 0 Å². The molecular formula is C13H28N2O2. The van der Waals surface area contributed by atoms with Gasteiger partial charge in [0.1, 0.15) is 0 Å². The van der Waals surface area contributed by atoms with Crippen LogP contribution in [-0.4, -0.2) is 22.7 Å². The standard InChI is InChI=1S/C13H28N2O2/c16-13(17)15-14-12-10-8-6-4-2-1-3-5-7-9-11-12/h12-17H,1-11H2. The molecule has 1 fully saturated rings. The van der Waals surface area contributed by atoms with E-state index in [1.54, 1.807) is 0 Å². The van der Waals surface area contributed by atoms with E-state index in [0.717, 1.165) is 12.8 Å². The van der Waals surface area contributed by atoms with Crippen LogP contribution in [0.3, 0.4) is 0 Å². The van der Waals surface area contributed by atoms with Crippen LogP contribution in [0, 0.1) is 0 Å². The minimum Gasteiger partial charge on any atom is -0.355 e. The second-order valence-electron chi connectivity index (χ2n) is 5.12. The van der Waals surface area contributed by atoms with Gasteiger partial charge in [-0.25, -0.2) is 5.43 Å². The number of hydrogen-bond donors (Lipinski definition) is 4. The summed E-state index contributed by atoms with van der Waals surface area (Å²) in [7, 11) is 0. The highest BCUT2D eigenvalue weighted by atomic mass is 16.5. The van der Waals surface area contributed by atoms with Gasteiger partial charge < -0.3 is 10.2 Å². The molecule has 1 rings (SSSR count). The van der Waals surface area contributed by atoms with Gasteiger partial charge in [0.05, 0.1) is 0 Å². The highest BCUT2D eigenvalue weighted by Gasteiger charge is 2.09. The molecule has 0 spiro atoms. The monoisotopic (exact) mass is 244 g/mol. The summed E-state index contributed by atoms with van der Waals surface area (Å²) in [6.45, 7) is 0. The highest BCUT2D eigenvalue weighted by molar-refractivity contribution is 4.66. The van der Waals surface area contributed by atoms with Crippen molar-refractivity contribution in [2.45, 2.75) is 83.1 Å². The van der Waals surface area contributed by atoms with Gasteiger partial charge in [-0.3, -0.25) is 5.43 Å². The Morgan fingerprint density at radius 2 is 1.12 bits per heavy atom. The van der Waals surface area contributed by atoms with Crippen LogP contribution in [0.5, 0.6) is 0 Å². The van der Waals surface area contributed by atoms with Crippen LogP contribution in [0.4, 0.5) is 0 Å². The number of nitrogens with one attached hydrogen (secondary N) is 2. The Morgan fingerprint density at radius 1 is 0.706 bits per heavy atom. The average molecular weight is 244 g/mol. The van der Waals surface area contributed by atoms with E-state index in [9.17, 15) is 0 Å². The first-order valence-electron chi connectivity index (χ1n) is 7.16. The smallest absolute Gasteiger partial charge is 0.223 e. The fraction of sp³-hybridized carbons (Fsp3) is 1.00. The van der Waals surface area contributed by atoms with Crippen LogP contribution in [0.15, 0.2) is 0 Å². The Morgan fingerprint density at radius 3 is 1.53 bits per heavy atom. The minimum atomic E-state index is -1.46. The molecule has 0 aromatic heterocycles. The topological polar surface area (TPSA) is 64.5 Å². The molecule has 0 aromatic carbocycles. The van der Waals surface area contributed by atoms with E-state index in [-0.39, 0.29) is 0 Å². The zero-order chi connectivity index (χ0) is 12.3. The summed E-state index contributed by atoms with van der Waals surface area (Å²) in [5.41, 5.74) is 5.51. The molecule has 0 aliphatic heterocycles. The van der Waals surface area contributed by atoms with Gasteiger partial charge in [-0.1, -0.05) is 57.8 Å². The molecule has 1 aliphatic rings. The first-order valence-corrected chi connectivity index (χ1v) is 7.16. The Hall–Kier alpha value is -0.160. The largest absolute Gasteiger partial charge is 0.355 e. The van der Waals surface area contributed by atoms with Crippen molar-refractivity contribution in [1.29, 1.82) is 0 Å². The fourth-order valence-corrected chi connectivity index (χ4v) is 2.50. The summed E-state index contributed by atoms with van der Waals surface area (Å²) in [6.07, 6.45) is 12.7. The molecule has 0 amide bonds. The lowest BCUT2D eigenvalue weighted by Gasteiger charge is -2.20. The number of hydrazine groups is 1. The predicted octanol–water partition coefficient (Wildman–Crippen LogP) is 2.02. The summed E-state index contributed by atoms with van der Waals surface area (Å²) in [6, 6.07) is 0.372. The molecule has 1 aliphatic carbocycles. The van der Waals surface area contributed by atoms with E-state index < -0.39 is 6.41 Å². The Kier molecular flexibility index (Phi) is 8.61. The van der Waals surface area contributed by atoms with Gasteiger partial charge in [-0.15, -0.1) is 0 Å². The van der Waals surface area contributed by atoms with Crippen LogP contribution in [-0.2, 0) is 0 Å². The Balaban J connectivity index is 2.22. The summed E-state index contributed by atoms with van der Waals surface area (Å²) in [5.74, 6) is 0. The summed E-state index contributed by atoms with van der Waals surface area (Å²) in [4.78, 5) is 0. The molecule has 4 nitrogen and oxygen atoms in total. The van der Waals surface area contributed by atoms with E-state index in [1.165, 1.54) is 57.8 Å². The molecule has 0 bridgehead atoms. The van der Waals surface area contributed by atoms with Crippen molar-refractivity contribution in [2.75, 3.05) is 0 Å². The highest BCUT2D eigenvalue weighted by Crippen LogP contribution is 2.16. The van der Waals surface area contributed by atoms with Crippen molar-refractivity contribution in [2.24, 2.45) is 0 Å². The van der Waals surface area contributed by atoms with Gasteiger partial charge in [0.2, 0.25) is 6.41 Å². The number of aliphatic hydroxyl groups is 2. The second-order valence-corrected chi connectivity index (χ2v) is 5.12. The molecule has 0 atom stereocenters. The van der Waals surface area contributed by atoms with Crippen LogP contribution < -0.4 is 10.9 Å². The molecule has 0 aromatic rings. The maximum atomic E-state index is 8.77. The first kappa shape index (κ1) is 14.9. The molecule has 4 heteroatoms. The van der Waals surface area contributed by atoms with Crippen molar-refractivity contribution >= 4 is 0 Å². The lowest BCUT2D eigenvalue weighted by atomic mass is 9.98. The predicted molar refractivity (Wildman–Crippen MR) is 69.1 cm³/mol. The van der Waals surface area contributed by atoms with E-state index >= 15 is 0 Å². The van der Waals surface area contributed by atoms with Gasteiger partial charge in [0.15, 0.2) is 0 Å². The maximum Gasteiger partial charge on any atom is 0.223 e. The van der Waals surface area contributed by atoms with Gasteiger partial charge >= 0.3 is 0 Å². The number of rotatable bonds is 3. The summed E-state index contributed by atoms with van der Waals surface area (Å²) in [5, 5.41) is 17.5. The third-order valence-electron chi connectivity index (χ3n) is 3.52. The molecule has 0 radical (unpaired) electrons. The van der Waals surface area contributed by atoms with Crippen LogP contribution >= 0.6 is 0 Å². The van der Waals surface area contributed by atoms with Crippen molar-refractivity contribution in [1.82, 2.24) is 10.9 Å². The quantitative estimate of drug-likeness (QED) is 0.453. The maximum absolute atomic E-state index is 8.77. The van der Waals surface area contributed by atoms with Crippen molar-refractivity contribution in [3.63, 3.8) is 0 Å². The van der Waals surface area contributed by atoms with E-state index in [0.29, 0.717) is 6.04 Å². The third kappa shape index (κ3) is 8.55.